The molecule has 0 unspecified atom stereocenters. The van der Waals surface area contributed by atoms with Crippen LogP contribution in [0, 0.1) is 11.3 Å². The van der Waals surface area contributed by atoms with E-state index in [1.165, 1.54) is 12.8 Å². The molecule has 21 heavy (non-hydrogen) atoms. The normalized spacial score (nSPS) is 17.7. The molecule has 1 aliphatic rings. The van der Waals surface area contributed by atoms with Crippen LogP contribution in [0.2, 0.25) is 0 Å². The number of pyridine rings is 1. The molecule has 2 heterocycles. The number of piperidine rings is 1. The third kappa shape index (κ3) is 4.25. The molecule has 1 aromatic heterocycles. The highest BCUT2D eigenvalue weighted by Crippen LogP contribution is 2.34. The SMILES string of the molecule is CC(C)(C)C1CCN(Cc2ccc(C(=O)NN)cn2)CC1. The molecule has 0 aromatic carbocycles. The van der Waals surface area contributed by atoms with Crippen LogP contribution in [-0.2, 0) is 6.54 Å². The second kappa shape index (κ2) is 6.54. The van der Waals surface area contributed by atoms with Gasteiger partial charge in [0.2, 0.25) is 0 Å². The summed E-state index contributed by atoms with van der Waals surface area (Å²) in [6, 6.07) is 3.67. The van der Waals surface area contributed by atoms with E-state index >= 15 is 0 Å². The van der Waals surface area contributed by atoms with Gasteiger partial charge in [0.1, 0.15) is 0 Å². The molecule has 1 aromatic rings. The summed E-state index contributed by atoms with van der Waals surface area (Å²) in [5, 5.41) is 0. The minimum atomic E-state index is -0.306. The molecule has 0 radical (unpaired) electrons. The van der Waals surface area contributed by atoms with Gasteiger partial charge in [-0.2, -0.15) is 0 Å². The Morgan fingerprint density at radius 1 is 1.38 bits per heavy atom. The number of aromatic nitrogens is 1. The lowest BCUT2D eigenvalue weighted by atomic mass is 9.75. The molecular formula is C16H26N4O. The van der Waals surface area contributed by atoms with Gasteiger partial charge in [-0.3, -0.25) is 20.1 Å². The number of nitrogens with two attached hydrogens (primary N) is 1. The van der Waals surface area contributed by atoms with Gasteiger partial charge in [-0.1, -0.05) is 20.8 Å². The second-order valence-electron chi connectivity index (χ2n) is 6.93. The molecule has 0 bridgehead atoms. The number of rotatable bonds is 3. The van der Waals surface area contributed by atoms with E-state index in [0.717, 1.165) is 31.2 Å². The number of nitrogens with one attached hydrogen (secondary N) is 1. The molecule has 1 amide bonds. The van der Waals surface area contributed by atoms with Crippen molar-refractivity contribution in [3.8, 4) is 0 Å². The maximum Gasteiger partial charge on any atom is 0.266 e. The third-order valence-corrected chi connectivity index (χ3v) is 4.42. The largest absolute Gasteiger partial charge is 0.297 e. The van der Waals surface area contributed by atoms with Gasteiger partial charge in [-0.15, -0.1) is 0 Å². The van der Waals surface area contributed by atoms with Crippen LogP contribution in [0.5, 0.6) is 0 Å². The standard InChI is InChI=1S/C16H26N4O/c1-16(2,3)13-6-8-20(9-7-13)11-14-5-4-12(10-18-14)15(21)19-17/h4-5,10,13H,6-9,11,17H2,1-3H3,(H,19,21). The fourth-order valence-electron chi connectivity index (χ4n) is 2.92. The minimum Gasteiger partial charge on any atom is -0.297 e. The highest BCUT2D eigenvalue weighted by Gasteiger charge is 2.28. The summed E-state index contributed by atoms with van der Waals surface area (Å²) in [6.45, 7) is 10.1. The summed E-state index contributed by atoms with van der Waals surface area (Å²) in [6.07, 6.45) is 4.08. The van der Waals surface area contributed by atoms with E-state index in [1.807, 2.05) is 6.07 Å². The minimum absolute atomic E-state index is 0.306. The van der Waals surface area contributed by atoms with Gasteiger partial charge in [0.05, 0.1) is 11.3 Å². The lowest BCUT2D eigenvalue weighted by Gasteiger charge is -2.38. The topological polar surface area (TPSA) is 71.2 Å². The van der Waals surface area contributed by atoms with Gasteiger partial charge in [0.15, 0.2) is 0 Å². The van der Waals surface area contributed by atoms with Crippen LogP contribution in [-0.4, -0.2) is 28.9 Å². The summed E-state index contributed by atoms with van der Waals surface area (Å²) in [4.78, 5) is 18.1. The Balaban J connectivity index is 1.88. The molecule has 0 atom stereocenters. The van der Waals surface area contributed by atoms with Crippen LogP contribution in [0.4, 0.5) is 0 Å². The molecule has 5 nitrogen and oxygen atoms in total. The maximum atomic E-state index is 11.4. The zero-order chi connectivity index (χ0) is 15.5. The third-order valence-electron chi connectivity index (χ3n) is 4.42. The molecule has 0 spiro atoms. The van der Waals surface area contributed by atoms with Crippen molar-refractivity contribution in [2.24, 2.45) is 17.2 Å². The fraction of sp³-hybridized carbons (Fsp3) is 0.625. The monoisotopic (exact) mass is 290 g/mol. The fourth-order valence-corrected chi connectivity index (χ4v) is 2.92. The average Bonchev–Trinajstić information content (AvgIpc) is 2.47. The Labute approximate surface area is 126 Å². The first kappa shape index (κ1) is 15.9. The molecule has 116 valence electrons. The predicted molar refractivity (Wildman–Crippen MR) is 83.3 cm³/mol. The Bertz CT molecular complexity index is 470. The van der Waals surface area contributed by atoms with Crippen LogP contribution in [0.15, 0.2) is 18.3 Å². The van der Waals surface area contributed by atoms with E-state index in [1.54, 1.807) is 12.3 Å². The number of likely N-dealkylation sites (tertiary alicyclic amines) is 1. The molecule has 1 fully saturated rings. The van der Waals surface area contributed by atoms with Crippen molar-refractivity contribution in [3.05, 3.63) is 29.6 Å². The van der Waals surface area contributed by atoms with Crippen molar-refractivity contribution in [1.82, 2.24) is 15.3 Å². The number of hydrazine groups is 1. The number of amides is 1. The first-order chi connectivity index (χ1) is 9.90. The van der Waals surface area contributed by atoms with E-state index in [-0.39, 0.29) is 5.91 Å². The zero-order valence-corrected chi connectivity index (χ0v) is 13.2. The van der Waals surface area contributed by atoms with Gasteiger partial charge in [-0.25, -0.2) is 5.84 Å². The van der Waals surface area contributed by atoms with Crippen molar-refractivity contribution < 1.29 is 4.79 Å². The molecule has 3 N–H and O–H groups in total. The van der Waals surface area contributed by atoms with E-state index in [4.69, 9.17) is 5.84 Å². The van der Waals surface area contributed by atoms with Crippen molar-refractivity contribution in [3.63, 3.8) is 0 Å². The molecule has 5 heteroatoms. The summed E-state index contributed by atoms with van der Waals surface area (Å²) >= 11 is 0. The summed E-state index contributed by atoms with van der Waals surface area (Å²) < 4.78 is 0. The van der Waals surface area contributed by atoms with Crippen LogP contribution in [0.1, 0.15) is 49.7 Å². The number of nitrogens with zero attached hydrogens (tertiary/aromatic N) is 2. The summed E-state index contributed by atoms with van der Waals surface area (Å²) in [7, 11) is 0. The molecule has 1 aliphatic heterocycles. The van der Waals surface area contributed by atoms with Gasteiger partial charge in [0.25, 0.3) is 5.91 Å². The highest BCUT2D eigenvalue weighted by molar-refractivity contribution is 5.93. The van der Waals surface area contributed by atoms with E-state index in [0.29, 0.717) is 11.0 Å². The number of carbonyl (C=O) groups excluding carboxylic acids is 1. The maximum absolute atomic E-state index is 11.4. The van der Waals surface area contributed by atoms with Crippen LogP contribution in [0.25, 0.3) is 0 Å². The summed E-state index contributed by atoms with van der Waals surface area (Å²) in [5.41, 5.74) is 4.01. The first-order valence-corrected chi connectivity index (χ1v) is 7.58. The van der Waals surface area contributed by atoms with E-state index in [2.05, 4.69) is 36.1 Å². The first-order valence-electron chi connectivity index (χ1n) is 7.58. The Kier molecular flexibility index (Phi) is 4.96. The Morgan fingerprint density at radius 3 is 2.52 bits per heavy atom. The molecule has 0 saturated carbocycles. The Morgan fingerprint density at radius 2 is 2.05 bits per heavy atom. The number of carbonyl (C=O) groups is 1. The van der Waals surface area contributed by atoms with Crippen molar-refractivity contribution in [2.75, 3.05) is 13.1 Å². The van der Waals surface area contributed by atoms with Gasteiger partial charge in [-0.05, 0) is 49.4 Å². The molecule has 2 rings (SSSR count). The van der Waals surface area contributed by atoms with E-state index < -0.39 is 0 Å². The van der Waals surface area contributed by atoms with Crippen molar-refractivity contribution >= 4 is 5.91 Å². The zero-order valence-electron chi connectivity index (χ0n) is 13.2. The lowest BCUT2D eigenvalue weighted by Crippen LogP contribution is -2.37. The smallest absolute Gasteiger partial charge is 0.266 e. The molecule has 1 saturated heterocycles. The lowest BCUT2D eigenvalue weighted by molar-refractivity contribution is 0.0953. The highest BCUT2D eigenvalue weighted by atomic mass is 16.2. The van der Waals surface area contributed by atoms with Crippen LogP contribution >= 0.6 is 0 Å². The predicted octanol–water partition coefficient (Wildman–Crippen LogP) is 1.94. The second-order valence-corrected chi connectivity index (χ2v) is 6.93. The average molecular weight is 290 g/mol. The molecular weight excluding hydrogens is 264 g/mol. The van der Waals surface area contributed by atoms with E-state index in [9.17, 15) is 4.79 Å². The number of hydrogen-bond donors (Lipinski definition) is 2. The van der Waals surface area contributed by atoms with Crippen LogP contribution < -0.4 is 11.3 Å². The Hall–Kier alpha value is -1.46. The van der Waals surface area contributed by atoms with Crippen LogP contribution in [0.3, 0.4) is 0 Å². The van der Waals surface area contributed by atoms with Gasteiger partial charge in [0, 0.05) is 12.7 Å². The van der Waals surface area contributed by atoms with Crippen molar-refractivity contribution in [2.45, 2.75) is 40.2 Å². The summed E-state index contributed by atoms with van der Waals surface area (Å²) in [5.74, 6) is 5.60. The van der Waals surface area contributed by atoms with Crippen molar-refractivity contribution in [1.29, 1.82) is 0 Å². The quantitative estimate of drug-likeness (QED) is 0.507. The van der Waals surface area contributed by atoms with Gasteiger partial charge >= 0.3 is 0 Å². The molecule has 0 aliphatic carbocycles. The van der Waals surface area contributed by atoms with Gasteiger partial charge < -0.3 is 0 Å². The number of nitrogen functional groups attached to an aromatic ring is 1. The number of hydrogen-bond acceptors (Lipinski definition) is 4.